The molecule has 0 fully saturated rings. The molecule has 0 saturated carbocycles. The summed E-state index contributed by atoms with van der Waals surface area (Å²) in [6.07, 6.45) is -1.35. The van der Waals surface area contributed by atoms with Crippen LogP contribution in [-0.2, 0) is 6.37 Å². The fourth-order valence-electron chi connectivity index (χ4n) is 1.96. The van der Waals surface area contributed by atoms with E-state index in [1.807, 2.05) is 43.3 Å². The van der Waals surface area contributed by atoms with Crippen molar-refractivity contribution in [3.05, 3.63) is 59.2 Å². The second-order valence-electron chi connectivity index (χ2n) is 3.72. The molecule has 0 radical (unpaired) electrons. The molecule has 0 aromatic heterocycles. The molecule has 0 heteroatoms. The molecule has 0 bridgehead atoms. The smallest absolute Gasteiger partial charge is 0.0366 e. The minimum absolute atomic E-state index is 0.788. The highest BCUT2D eigenvalue weighted by Crippen LogP contribution is 2.36. The monoisotopic (exact) mass is 182 g/mol. The van der Waals surface area contributed by atoms with Crippen LogP contribution in [0.25, 0.3) is 11.1 Å². The van der Waals surface area contributed by atoms with E-state index < -0.39 is 6.37 Å². The van der Waals surface area contributed by atoms with Crippen LogP contribution in [0.2, 0.25) is 0 Å². The molecule has 0 atom stereocenters. The predicted molar refractivity (Wildman–Crippen MR) is 59.4 cm³/mol. The highest BCUT2D eigenvalue weighted by molar-refractivity contribution is 5.77. The van der Waals surface area contributed by atoms with Crippen LogP contribution < -0.4 is 0 Å². The van der Waals surface area contributed by atoms with Gasteiger partial charge in [-0.05, 0) is 35.6 Å². The van der Waals surface area contributed by atoms with E-state index in [1.165, 1.54) is 5.56 Å². The lowest BCUT2D eigenvalue weighted by Gasteiger charge is -2.01. The van der Waals surface area contributed by atoms with Gasteiger partial charge >= 0.3 is 0 Å². The van der Waals surface area contributed by atoms with Gasteiger partial charge in [0.2, 0.25) is 0 Å². The largest absolute Gasteiger partial charge is 0.0619 e. The van der Waals surface area contributed by atoms with Gasteiger partial charge in [-0.3, -0.25) is 0 Å². The van der Waals surface area contributed by atoms with Crippen LogP contribution in [0, 0.1) is 6.92 Å². The summed E-state index contributed by atoms with van der Waals surface area (Å²) in [5.74, 6) is 0. The molecular weight excluding hydrogens is 168 g/mol. The van der Waals surface area contributed by atoms with Gasteiger partial charge in [-0.2, -0.15) is 0 Å². The summed E-state index contributed by atoms with van der Waals surface area (Å²) < 4.78 is 16.4. The number of hydrogen-bond donors (Lipinski definition) is 0. The Morgan fingerprint density at radius 2 is 1.79 bits per heavy atom. The van der Waals surface area contributed by atoms with Crippen LogP contribution in [0.4, 0.5) is 0 Å². The van der Waals surface area contributed by atoms with Crippen molar-refractivity contribution in [2.45, 2.75) is 13.3 Å². The van der Waals surface area contributed by atoms with Gasteiger partial charge in [0, 0.05) is 2.74 Å². The lowest BCUT2D eigenvalue weighted by atomic mass is 10.0. The molecule has 0 aliphatic heterocycles. The van der Waals surface area contributed by atoms with Crippen LogP contribution in [0.3, 0.4) is 0 Å². The molecule has 0 N–H and O–H groups in total. The third-order valence-corrected chi connectivity index (χ3v) is 2.66. The lowest BCUT2D eigenvalue weighted by Crippen LogP contribution is -1.80. The van der Waals surface area contributed by atoms with Gasteiger partial charge < -0.3 is 0 Å². The van der Waals surface area contributed by atoms with Crippen LogP contribution in [-0.4, -0.2) is 0 Å². The molecule has 0 spiro atoms. The van der Waals surface area contributed by atoms with Crippen molar-refractivity contribution in [1.82, 2.24) is 0 Å². The molecule has 2 aromatic carbocycles. The minimum atomic E-state index is -1.35. The maximum atomic E-state index is 8.19. The Morgan fingerprint density at radius 3 is 2.71 bits per heavy atom. The summed E-state index contributed by atoms with van der Waals surface area (Å²) in [6, 6.07) is 13.7. The van der Waals surface area contributed by atoms with Gasteiger partial charge in [-0.1, -0.05) is 48.0 Å². The molecule has 14 heavy (non-hydrogen) atoms. The van der Waals surface area contributed by atoms with Crippen LogP contribution >= 0.6 is 0 Å². The fourth-order valence-corrected chi connectivity index (χ4v) is 1.96. The van der Waals surface area contributed by atoms with E-state index in [-0.39, 0.29) is 0 Å². The Bertz CT molecular complexity index is 571. The summed E-state index contributed by atoms with van der Waals surface area (Å²) in [7, 11) is 0. The predicted octanol–water partition coefficient (Wildman–Crippen LogP) is 3.57. The van der Waals surface area contributed by atoms with Gasteiger partial charge in [-0.25, -0.2) is 0 Å². The Balaban J connectivity index is 2.40. The van der Waals surface area contributed by atoms with Crippen LogP contribution in [0.5, 0.6) is 0 Å². The summed E-state index contributed by atoms with van der Waals surface area (Å²) in [5, 5.41) is 0. The third kappa shape index (κ3) is 1.00. The summed E-state index contributed by atoms with van der Waals surface area (Å²) in [6.45, 7) is 2.04. The molecule has 0 heterocycles. The molecular formula is C14H12. The Kier molecular flexibility index (Phi) is 1.17. The van der Waals surface area contributed by atoms with Gasteiger partial charge in [0.1, 0.15) is 0 Å². The summed E-state index contributed by atoms with van der Waals surface area (Å²) >= 11 is 0. The summed E-state index contributed by atoms with van der Waals surface area (Å²) in [4.78, 5) is 0. The first kappa shape index (κ1) is 6.02. The van der Waals surface area contributed by atoms with E-state index in [9.17, 15) is 0 Å². The molecule has 0 unspecified atom stereocenters. The lowest BCUT2D eigenvalue weighted by molar-refractivity contribution is 1.26. The van der Waals surface area contributed by atoms with E-state index in [4.69, 9.17) is 2.74 Å². The van der Waals surface area contributed by atoms with Crippen molar-refractivity contribution < 1.29 is 2.74 Å². The molecule has 0 amide bonds. The van der Waals surface area contributed by atoms with E-state index in [0.717, 1.165) is 22.3 Å². The van der Waals surface area contributed by atoms with E-state index >= 15 is 0 Å². The average Bonchev–Trinajstić information content (AvgIpc) is 2.49. The molecule has 1 aliphatic carbocycles. The first-order chi connectivity index (χ1) is 7.60. The maximum Gasteiger partial charge on any atom is 0.0366 e. The second-order valence-corrected chi connectivity index (χ2v) is 3.72. The zero-order valence-electron chi connectivity index (χ0n) is 10.0. The number of benzene rings is 2. The van der Waals surface area contributed by atoms with Gasteiger partial charge in [0.25, 0.3) is 0 Å². The third-order valence-electron chi connectivity index (χ3n) is 2.66. The average molecular weight is 182 g/mol. The number of hydrogen-bond acceptors (Lipinski definition) is 0. The molecule has 3 rings (SSSR count). The van der Waals surface area contributed by atoms with Gasteiger partial charge in [0.15, 0.2) is 0 Å². The molecule has 0 saturated heterocycles. The fraction of sp³-hybridized carbons (Fsp3) is 0.143. The highest BCUT2D eigenvalue weighted by atomic mass is 14.2. The first-order valence-corrected chi connectivity index (χ1v) is 4.82. The number of aryl methyl sites for hydroxylation is 1. The molecule has 2 aromatic rings. The van der Waals surface area contributed by atoms with Crippen molar-refractivity contribution in [1.29, 1.82) is 0 Å². The van der Waals surface area contributed by atoms with Gasteiger partial charge in [-0.15, -0.1) is 0 Å². The van der Waals surface area contributed by atoms with Crippen molar-refractivity contribution in [2.75, 3.05) is 0 Å². The van der Waals surface area contributed by atoms with Crippen molar-refractivity contribution in [3.63, 3.8) is 0 Å². The van der Waals surface area contributed by atoms with Crippen molar-refractivity contribution in [2.24, 2.45) is 0 Å². The Hall–Kier alpha value is -1.56. The van der Waals surface area contributed by atoms with E-state index in [2.05, 4.69) is 6.07 Å². The van der Waals surface area contributed by atoms with Crippen LogP contribution in [0.1, 0.15) is 19.4 Å². The zero-order valence-corrected chi connectivity index (χ0v) is 8.04. The molecule has 0 nitrogen and oxygen atoms in total. The SMILES string of the molecule is [2H]C1([2H])c2ccccc2-c2cc(C)ccc21. The van der Waals surface area contributed by atoms with E-state index in [1.54, 1.807) is 0 Å². The number of fused-ring (bicyclic) bond motifs is 3. The van der Waals surface area contributed by atoms with Crippen molar-refractivity contribution >= 4 is 0 Å². The normalized spacial score (nSPS) is 18.1. The summed E-state index contributed by atoms with van der Waals surface area (Å²) in [5.41, 5.74) is 4.83. The minimum Gasteiger partial charge on any atom is -0.0619 e. The van der Waals surface area contributed by atoms with Crippen molar-refractivity contribution in [3.8, 4) is 11.1 Å². The molecule has 1 aliphatic rings. The topological polar surface area (TPSA) is 0 Å². The van der Waals surface area contributed by atoms with Gasteiger partial charge in [0.05, 0.1) is 0 Å². The van der Waals surface area contributed by atoms with E-state index in [0.29, 0.717) is 0 Å². The second kappa shape index (κ2) is 2.71. The Morgan fingerprint density at radius 1 is 1.00 bits per heavy atom. The quantitative estimate of drug-likeness (QED) is 0.584. The first-order valence-electron chi connectivity index (χ1n) is 5.82. The maximum absolute atomic E-state index is 8.19. The van der Waals surface area contributed by atoms with Crippen LogP contribution in [0.15, 0.2) is 42.5 Å². The standard InChI is InChI=1S/C14H12/c1-10-6-7-12-9-11-4-2-3-5-13(11)14(12)8-10/h2-8H,9H2,1H3/i9D2. The Labute approximate surface area is 87.0 Å². The number of rotatable bonds is 0. The molecule has 68 valence electrons. The zero-order chi connectivity index (χ0) is 11.3. The highest BCUT2D eigenvalue weighted by Gasteiger charge is 2.16.